The number of aliphatic hydroxyl groups is 1. The van der Waals surface area contributed by atoms with Crippen LogP contribution in [0, 0.1) is 17.6 Å². The van der Waals surface area contributed by atoms with E-state index in [4.69, 9.17) is 4.74 Å². The summed E-state index contributed by atoms with van der Waals surface area (Å²) in [5, 5.41) is 14.2. The Morgan fingerprint density at radius 3 is 2.69 bits per heavy atom. The van der Waals surface area contributed by atoms with Crippen molar-refractivity contribution in [1.29, 1.82) is 0 Å². The lowest BCUT2D eigenvalue weighted by Gasteiger charge is -2.27. The number of nitrogens with one attached hydrogen (secondary N) is 1. The monoisotopic (exact) mass is 536 g/mol. The lowest BCUT2D eigenvalue weighted by molar-refractivity contribution is 0.0263. The van der Waals surface area contributed by atoms with E-state index in [9.17, 15) is 5.11 Å². The van der Waals surface area contributed by atoms with Gasteiger partial charge in [0, 0.05) is 55.0 Å². The third kappa shape index (κ3) is 5.58. The number of fused-ring (bicyclic) bond motifs is 2. The summed E-state index contributed by atoms with van der Waals surface area (Å²) in [5.74, 6) is -0.661. The third-order valence-electron chi connectivity index (χ3n) is 7.23. The molecule has 0 saturated carbocycles. The minimum atomic E-state index is -0.784. The number of halogens is 2. The van der Waals surface area contributed by atoms with Crippen molar-refractivity contribution in [1.82, 2.24) is 19.9 Å². The molecule has 1 aliphatic rings. The van der Waals surface area contributed by atoms with E-state index < -0.39 is 17.2 Å². The maximum atomic E-state index is 15.4. The first-order chi connectivity index (χ1) is 18.5. The van der Waals surface area contributed by atoms with Crippen LogP contribution >= 0.6 is 0 Å². The molecule has 206 valence electrons. The van der Waals surface area contributed by atoms with Crippen molar-refractivity contribution in [3.8, 4) is 5.75 Å². The van der Waals surface area contributed by atoms with Gasteiger partial charge >= 0.3 is 0 Å². The van der Waals surface area contributed by atoms with Gasteiger partial charge in [-0.25, -0.2) is 18.7 Å². The normalized spacial score (nSPS) is 16.8. The quantitative estimate of drug-likeness (QED) is 0.321. The SMILES string of the molecule is C[C@H](CN(C)C)Oc1cc(N2CCC(C(C)(C)O)C2)cc2ncnc(Nc3c(F)cc4ncccc4c3F)c12. The molecule has 1 saturated heterocycles. The Balaban J connectivity index is 1.59. The first kappa shape index (κ1) is 27.0. The molecular weight excluding hydrogens is 502 g/mol. The molecule has 0 spiro atoms. The van der Waals surface area contributed by atoms with E-state index in [1.807, 2.05) is 51.9 Å². The molecule has 2 aromatic carbocycles. The smallest absolute Gasteiger partial charge is 0.159 e. The number of benzene rings is 2. The second kappa shape index (κ2) is 10.5. The van der Waals surface area contributed by atoms with Crippen LogP contribution in [0.15, 0.2) is 42.9 Å². The third-order valence-corrected chi connectivity index (χ3v) is 7.23. The Labute approximate surface area is 226 Å². The molecule has 3 heterocycles. The summed E-state index contributed by atoms with van der Waals surface area (Å²) in [7, 11) is 3.93. The van der Waals surface area contributed by atoms with Crippen LogP contribution in [0.3, 0.4) is 0 Å². The molecule has 5 rings (SSSR count). The van der Waals surface area contributed by atoms with Gasteiger partial charge in [-0.2, -0.15) is 0 Å². The van der Waals surface area contributed by atoms with Crippen molar-refractivity contribution >= 4 is 39.0 Å². The predicted octanol–water partition coefficient (Wildman–Crippen LogP) is 5.13. The average molecular weight is 537 g/mol. The summed E-state index contributed by atoms with van der Waals surface area (Å²) >= 11 is 0. The highest BCUT2D eigenvalue weighted by molar-refractivity contribution is 5.98. The zero-order valence-electron chi connectivity index (χ0n) is 22.9. The highest BCUT2D eigenvalue weighted by Crippen LogP contribution is 2.40. The van der Waals surface area contributed by atoms with Crippen molar-refractivity contribution in [2.24, 2.45) is 5.92 Å². The fraction of sp³-hybridized carbons (Fsp3) is 0.414. The molecule has 0 amide bonds. The summed E-state index contributed by atoms with van der Waals surface area (Å²) < 4.78 is 36.9. The van der Waals surface area contributed by atoms with E-state index in [-0.39, 0.29) is 34.4 Å². The second-order valence-electron chi connectivity index (χ2n) is 11.1. The molecule has 4 aromatic rings. The van der Waals surface area contributed by atoms with Gasteiger partial charge in [0.2, 0.25) is 0 Å². The molecule has 2 aromatic heterocycles. The largest absolute Gasteiger partial charge is 0.488 e. The van der Waals surface area contributed by atoms with Crippen molar-refractivity contribution in [3.63, 3.8) is 0 Å². The summed E-state index contributed by atoms with van der Waals surface area (Å²) in [6.45, 7) is 7.78. The molecule has 2 atom stereocenters. The van der Waals surface area contributed by atoms with Gasteiger partial charge < -0.3 is 25.0 Å². The van der Waals surface area contributed by atoms with E-state index in [2.05, 4.69) is 25.2 Å². The number of hydrogen-bond donors (Lipinski definition) is 2. The maximum absolute atomic E-state index is 15.4. The molecule has 2 N–H and O–H groups in total. The topological polar surface area (TPSA) is 86.6 Å². The van der Waals surface area contributed by atoms with Crippen LogP contribution in [0.4, 0.5) is 26.0 Å². The van der Waals surface area contributed by atoms with E-state index in [1.165, 1.54) is 18.6 Å². The van der Waals surface area contributed by atoms with Crippen LogP contribution in [0.2, 0.25) is 0 Å². The van der Waals surface area contributed by atoms with Gasteiger partial charge in [0.15, 0.2) is 11.6 Å². The number of rotatable bonds is 8. The van der Waals surface area contributed by atoms with Crippen molar-refractivity contribution in [2.75, 3.05) is 43.9 Å². The van der Waals surface area contributed by atoms with Crippen molar-refractivity contribution in [2.45, 2.75) is 38.9 Å². The minimum Gasteiger partial charge on any atom is -0.488 e. The summed E-state index contributed by atoms with van der Waals surface area (Å²) in [5.41, 5.74) is 0.604. The molecule has 1 fully saturated rings. The number of pyridine rings is 1. The fourth-order valence-electron chi connectivity index (χ4n) is 5.23. The average Bonchev–Trinajstić information content (AvgIpc) is 3.37. The zero-order chi connectivity index (χ0) is 27.9. The molecule has 8 nitrogen and oxygen atoms in total. The van der Waals surface area contributed by atoms with Crippen LogP contribution < -0.4 is 15.0 Å². The zero-order valence-corrected chi connectivity index (χ0v) is 22.9. The number of ether oxygens (including phenoxy) is 1. The van der Waals surface area contributed by atoms with Crippen LogP contribution in [-0.4, -0.2) is 70.4 Å². The molecule has 10 heteroatoms. The summed E-state index contributed by atoms with van der Waals surface area (Å²) in [6.07, 6.45) is 3.53. The summed E-state index contributed by atoms with van der Waals surface area (Å²) in [6, 6.07) is 8.21. The van der Waals surface area contributed by atoms with Gasteiger partial charge in [0.25, 0.3) is 0 Å². The number of aromatic nitrogens is 3. The standard InChI is InChI=1S/C29H34F2N6O2/c1-17(14-36(4)5)39-24-12-19(37-10-8-18(15-37)29(2,3)38)11-23-25(24)28(34-16-33-23)35-27-21(30)13-22-20(26(27)31)7-6-9-32-22/h6-7,9,11-13,16-18,38H,8,10,14-15H2,1-5H3,(H,33,34,35)/t17-,18?/m1/s1. The number of nitrogens with zero attached hydrogens (tertiary/aromatic N) is 5. The van der Waals surface area contributed by atoms with Gasteiger partial charge in [-0.15, -0.1) is 0 Å². The number of hydrogen-bond acceptors (Lipinski definition) is 8. The summed E-state index contributed by atoms with van der Waals surface area (Å²) in [4.78, 5) is 17.1. The van der Waals surface area contributed by atoms with Crippen LogP contribution in [0.25, 0.3) is 21.8 Å². The van der Waals surface area contributed by atoms with E-state index in [0.29, 0.717) is 29.7 Å². The fourth-order valence-corrected chi connectivity index (χ4v) is 5.23. The molecule has 1 unspecified atom stereocenters. The Hall–Kier alpha value is -3.63. The Morgan fingerprint density at radius 2 is 1.97 bits per heavy atom. The van der Waals surface area contributed by atoms with E-state index >= 15 is 8.78 Å². The van der Waals surface area contributed by atoms with E-state index in [0.717, 1.165) is 18.7 Å². The number of likely N-dealkylation sites (N-methyl/N-ethyl adjacent to an activating group) is 1. The first-order valence-electron chi connectivity index (χ1n) is 13.1. The highest BCUT2D eigenvalue weighted by atomic mass is 19.1. The Morgan fingerprint density at radius 1 is 1.18 bits per heavy atom. The molecule has 1 aliphatic heterocycles. The van der Waals surface area contributed by atoms with Gasteiger partial charge in [0.1, 0.15) is 29.7 Å². The lowest BCUT2D eigenvalue weighted by Crippen LogP contribution is -2.33. The molecule has 0 bridgehead atoms. The van der Waals surface area contributed by atoms with Gasteiger partial charge in [-0.05, 0) is 59.5 Å². The van der Waals surface area contributed by atoms with Crippen LogP contribution in [0.1, 0.15) is 27.2 Å². The maximum Gasteiger partial charge on any atom is 0.159 e. The second-order valence-corrected chi connectivity index (χ2v) is 11.1. The van der Waals surface area contributed by atoms with Crippen molar-refractivity contribution in [3.05, 3.63) is 54.5 Å². The highest BCUT2D eigenvalue weighted by Gasteiger charge is 2.34. The Bertz CT molecular complexity index is 1510. The predicted molar refractivity (Wildman–Crippen MR) is 150 cm³/mol. The molecule has 39 heavy (non-hydrogen) atoms. The molecule has 0 radical (unpaired) electrons. The van der Waals surface area contributed by atoms with Crippen molar-refractivity contribution < 1.29 is 18.6 Å². The molecule has 0 aliphatic carbocycles. The van der Waals surface area contributed by atoms with E-state index in [1.54, 1.807) is 12.1 Å². The van der Waals surface area contributed by atoms with Crippen LogP contribution in [0.5, 0.6) is 5.75 Å². The van der Waals surface area contributed by atoms with Gasteiger partial charge in [-0.1, -0.05) is 0 Å². The van der Waals surface area contributed by atoms with Gasteiger partial charge in [-0.3, -0.25) is 4.98 Å². The lowest BCUT2D eigenvalue weighted by atomic mass is 9.90. The van der Waals surface area contributed by atoms with Crippen LogP contribution in [-0.2, 0) is 0 Å². The number of anilines is 3. The minimum absolute atomic E-state index is 0.126. The first-order valence-corrected chi connectivity index (χ1v) is 13.1. The molecular formula is C29H34F2N6O2. The Kier molecular flexibility index (Phi) is 7.26. The van der Waals surface area contributed by atoms with Gasteiger partial charge in [0.05, 0.1) is 22.0 Å².